The molecular formula is C30H37N3O4. The number of ether oxygens (including phenoxy) is 1. The van der Waals surface area contributed by atoms with Gasteiger partial charge in [0, 0.05) is 41.2 Å². The summed E-state index contributed by atoms with van der Waals surface area (Å²) in [6, 6.07) is 13.3. The van der Waals surface area contributed by atoms with Gasteiger partial charge in [0.25, 0.3) is 5.91 Å². The molecule has 0 spiro atoms. The standard InChI is InChI=1S/C30H37N3O4/c1-18-19(2)24(12-9-22(18)17-31)37-28-29(3,4)27(30(28,5)6)32-25(34)20-7-10-23(11-8-20)33-15-13-21(14-16-33)26(35)36/h7-12,21,27-28H,13-16H2,1-6H3,(H,32,34)(H,35,36). The highest BCUT2D eigenvalue weighted by atomic mass is 16.5. The smallest absolute Gasteiger partial charge is 0.306 e. The number of carbonyl (C=O) groups excluding carboxylic acids is 1. The third-order valence-corrected chi connectivity index (χ3v) is 8.56. The molecule has 0 atom stereocenters. The van der Waals surface area contributed by atoms with Crippen molar-refractivity contribution in [1.82, 2.24) is 5.32 Å². The van der Waals surface area contributed by atoms with Crippen LogP contribution in [0.2, 0.25) is 0 Å². The minimum Gasteiger partial charge on any atom is -0.489 e. The highest BCUT2D eigenvalue weighted by Gasteiger charge is 2.64. The van der Waals surface area contributed by atoms with Crippen molar-refractivity contribution in [1.29, 1.82) is 5.26 Å². The number of benzene rings is 2. The third kappa shape index (κ3) is 4.77. The maximum absolute atomic E-state index is 13.2. The van der Waals surface area contributed by atoms with Gasteiger partial charge in [-0.3, -0.25) is 9.59 Å². The van der Waals surface area contributed by atoms with Crippen molar-refractivity contribution in [3.63, 3.8) is 0 Å². The zero-order valence-electron chi connectivity index (χ0n) is 22.6. The Balaban J connectivity index is 1.42. The number of nitrogens with zero attached hydrogens (tertiary/aromatic N) is 2. The predicted octanol–water partition coefficient (Wildman–Crippen LogP) is 5.09. The van der Waals surface area contributed by atoms with Crippen LogP contribution in [0.4, 0.5) is 5.69 Å². The number of hydrogen-bond donors (Lipinski definition) is 2. The molecule has 7 heteroatoms. The van der Waals surface area contributed by atoms with Gasteiger partial charge in [-0.15, -0.1) is 0 Å². The van der Waals surface area contributed by atoms with Gasteiger partial charge >= 0.3 is 5.97 Å². The maximum Gasteiger partial charge on any atom is 0.306 e. The molecule has 37 heavy (non-hydrogen) atoms. The fourth-order valence-electron chi connectivity index (χ4n) is 6.39. The number of piperidine rings is 1. The van der Waals surface area contributed by atoms with Crippen molar-refractivity contribution < 1.29 is 19.4 Å². The van der Waals surface area contributed by atoms with E-state index in [0.29, 0.717) is 37.1 Å². The van der Waals surface area contributed by atoms with Crippen LogP contribution in [0.15, 0.2) is 36.4 Å². The molecule has 0 aromatic heterocycles. The monoisotopic (exact) mass is 503 g/mol. The summed E-state index contributed by atoms with van der Waals surface area (Å²) in [7, 11) is 0. The lowest BCUT2D eigenvalue weighted by Crippen LogP contribution is -2.74. The maximum atomic E-state index is 13.2. The van der Waals surface area contributed by atoms with Gasteiger partial charge in [0.15, 0.2) is 0 Å². The number of aliphatic carboxylic acids is 1. The molecule has 1 heterocycles. The minimum absolute atomic E-state index is 0.0907. The van der Waals surface area contributed by atoms with Gasteiger partial charge in [0.1, 0.15) is 11.9 Å². The van der Waals surface area contributed by atoms with Crippen LogP contribution >= 0.6 is 0 Å². The average Bonchev–Trinajstić information content (AvgIpc) is 2.87. The van der Waals surface area contributed by atoms with Crippen LogP contribution in [0.3, 0.4) is 0 Å². The van der Waals surface area contributed by atoms with Crippen molar-refractivity contribution in [2.24, 2.45) is 16.7 Å². The first-order chi connectivity index (χ1) is 17.4. The van der Waals surface area contributed by atoms with Gasteiger partial charge in [-0.2, -0.15) is 5.26 Å². The highest BCUT2D eigenvalue weighted by molar-refractivity contribution is 5.95. The molecule has 0 unspecified atom stereocenters. The van der Waals surface area contributed by atoms with Crippen LogP contribution in [0.1, 0.15) is 67.6 Å². The van der Waals surface area contributed by atoms with E-state index < -0.39 is 5.97 Å². The molecule has 196 valence electrons. The van der Waals surface area contributed by atoms with Crippen molar-refractivity contribution in [3.8, 4) is 11.8 Å². The second kappa shape index (κ2) is 9.74. The van der Waals surface area contributed by atoms with E-state index in [1.54, 1.807) is 6.07 Å². The van der Waals surface area contributed by atoms with E-state index in [1.165, 1.54) is 0 Å². The molecule has 2 N–H and O–H groups in total. The summed E-state index contributed by atoms with van der Waals surface area (Å²) < 4.78 is 6.51. The first kappa shape index (κ1) is 26.5. The molecule has 2 aliphatic rings. The van der Waals surface area contributed by atoms with E-state index in [1.807, 2.05) is 44.2 Å². The van der Waals surface area contributed by atoms with Gasteiger partial charge < -0.3 is 20.1 Å². The molecule has 4 rings (SSSR count). The normalized spacial score (nSPS) is 22.5. The molecule has 7 nitrogen and oxygen atoms in total. The summed E-state index contributed by atoms with van der Waals surface area (Å²) in [5, 5.41) is 21.8. The Bertz CT molecular complexity index is 1220. The quantitative estimate of drug-likeness (QED) is 0.569. The van der Waals surface area contributed by atoms with Crippen LogP contribution in [0.5, 0.6) is 5.75 Å². The number of carboxylic acids is 1. The minimum atomic E-state index is -0.719. The van der Waals surface area contributed by atoms with Crippen molar-refractivity contribution in [2.75, 3.05) is 18.0 Å². The number of hydrogen-bond acceptors (Lipinski definition) is 5. The Labute approximate surface area is 219 Å². The first-order valence-corrected chi connectivity index (χ1v) is 12.9. The summed E-state index contributed by atoms with van der Waals surface area (Å²) in [6.45, 7) is 13.8. The van der Waals surface area contributed by atoms with Crippen LogP contribution in [-0.4, -0.2) is 42.2 Å². The first-order valence-electron chi connectivity index (χ1n) is 12.9. The van der Waals surface area contributed by atoms with Crippen molar-refractivity contribution >= 4 is 17.6 Å². The Morgan fingerprint density at radius 2 is 1.59 bits per heavy atom. The molecular weight excluding hydrogens is 466 g/mol. The van der Waals surface area contributed by atoms with Gasteiger partial charge in [0.2, 0.25) is 0 Å². The number of carboxylic acid groups (broad SMARTS) is 1. The summed E-state index contributed by atoms with van der Waals surface area (Å²) in [5.41, 5.74) is 3.53. The van der Waals surface area contributed by atoms with Crippen LogP contribution in [0.25, 0.3) is 0 Å². The summed E-state index contributed by atoms with van der Waals surface area (Å²) >= 11 is 0. The number of anilines is 1. The number of nitriles is 1. The van der Waals surface area contributed by atoms with Crippen LogP contribution in [0, 0.1) is 41.9 Å². The molecule has 0 bridgehead atoms. The largest absolute Gasteiger partial charge is 0.489 e. The Kier molecular flexibility index (Phi) is 6.98. The van der Waals surface area contributed by atoms with Gasteiger partial charge in [-0.1, -0.05) is 27.7 Å². The zero-order valence-corrected chi connectivity index (χ0v) is 22.6. The summed E-state index contributed by atoms with van der Waals surface area (Å²) in [6.07, 6.45) is 1.15. The third-order valence-electron chi connectivity index (χ3n) is 8.56. The van der Waals surface area contributed by atoms with E-state index >= 15 is 0 Å². The lowest BCUT2D eigenvalue weighted by molar-refractivity contribution is -0.164. The SMILES string of the molecule is Cc1c(C#N)ccc(OC2C(C)(C)C(NC(=O)c3ccc(N4CCC(C(=O)O)CC4)cc3)C2(C)C)c1C. The van der Waals surface area contributed by atoms with Crippen molar-refractivity contribution in [2.45, 2.75) is 66.5 Å². The van der Waals surface area contributed by atoms with E-state index in [0.717, 1.165) is 22.6 Å². The lowest BCUT2D eigenvalue weighted by atomic mass is 9.49. The average molecular weight is 504 g/mol. The number of nitrogens with one attached hydrogen (secondary N) is 1. The Morgan fingerprint density at radius 1 is 1.00 bits per heavy atom. The zero-order chi connectivity index (χ0) is 27.1. The second-order valence-electron chi connectivity index (χ2n) is 11.7. The summed E-state index contributed by atoms with van der Waals surface area (Å²) in [4.78, 5) is 26.6. The number of rotatable bonds is 6. The molecule has 0 radical (unpaired) electrons. The van der Waals surface area contributed by atoms with Gasteiger partial charge in [-0.25, -0.2) is 0 Å². The molecule has 1 saturated carbocycles. The Morgan fingerprint density at radius 3 is 2.14 bits per heavy atom. The molecule has 1 saturated heterocycles. The topological polar surface area (TPSA) is 103 Å². The van der Waals surface area contributed by atoms with Crippen molar-refractivity contribution in [3.05, 3.63) is 58.7 Å². The van der Waals surface area contributed by atoms with E-state index in [4.69, 9.17) is 4.74 Å². The molecule has 2 aromatic carbocycles. The fourth-order valence-corrected chi connectivity index (χ4v) is 6.39. The van der Waals surface area contributed by atoms with Gasteiger partial charge in [0.05, 0.1) is 17.6 Å². The lowest BCUT2D eigenvalue weighted by Gasteiger charge is -2.63. The van der Waals surface area contributed by atoms with Crippen LogP contribution in [-0.2, 0) is 4.79 Å². The molecule has 2 fully saturated rings. The van der Waals surface area contributed by atoms with E-state index in [9.17, 15) is 20.0 Å². The summed E-state index contributed by atoms with van der Waals surface area (Å²) in [5.74, 6) is -0.335. The highest BCUT2D eigenvalue weighted by Crippen LogP contribution is 2.55. The van der Waals surface area contributed by atoms with Gasteiger partial charge in [-0.05, 0) is 74.2 Å². The van der Waals surface area contributed by atoms with E-state index in [-0.39, 0.29) is 34.8 Å². The molecule has 2 aromatic rings. The fraction of sp³-hybridized carbons (Fsp3) is 0.500. The van der Waals surface area contributed by atoms with E-state index in [2.05, 4.69) is 44.0 Å². The molecule has 1 amide bonds. The number of carbonyl (C=O) groups is 2. The second-order valence-corrected chi connectivity index (χ2v) is 11.7. The predicted molar refractivity (Wildman–Crippen MR) is 143 cm³/mol. The number of amides is 1. The molecule has 1 aliphatic carbocycles. The van der Waals surface area contributed by atoms with Crippen LogP contribution < -0.4 is 15.0 Å². The Hall–Kier alpha value is -3.53. The molecule has 1 aliphatic heterocycles.